The quantitative estimate of drug-likeness (QED) is 0.724. The molecule has 0 aliphatic rings. The second-order valence-corrected chi connectivity index (χ2v) is 5.57. The number of rotatable bonds is 5. The summed E-state index contributed by atoms with van der Waals surface area (Å²) in [5.41, 5.74) is 6.54. The zero-order chi connectivity index (χ0) is 16.4. The topological polar surface area (TPSA) is 103 Å². The number of carbonyl (C=O) groups excluding carboxylic acids is 1. The van der Waals surface area contributed by atoms with Crippen LogP contribution in [0.15, 0.2) is 39.8 Å². The molecule has 2 aromatic heterocycles. The first-order valence-corrected chi connectivity index (χ1v) is 7.45. The average molecular weight is 351 g/mol. The molecule has 0 aliphatic heterocycles. The van der Waals surface area contributed by atoms with Crippen molar-refractivity contribution in [3.8, 4) is 0 Å². The Labute approximate surface area is 144 Å². The van der Waals surface area contributed by atoms with Crippen molar-refractivity contribution >= 4 is 40.4 Å². The molecule has 3 aromatic rings. The van der Waals surface area contributed by atoms with Crippen LogP contribution in [0.2, 0.25) is 0 Å². The minimum Gasteiger partial charge on any atom is -0.448 e. The first kappa shape index (κ1) is 18.0. The molecule has 24 heavy (non-hydrogen) atoms. The van der Waals surface area contributed by atoms with Gasteiger partial charge in [-0.3, -0.25) is 14.2 Å². The monoisotopic (exact) mass is 350 g/mol. The molecular formula is C16H19ClN4O3. The molecule has 0 aliphatic carbocycles. The number of nitrogens with zero attached hydrogens (tertiary/aromatic N) is 2. The summed E-state index contributed by atoms with van der Waals surface area (Å²) < 4.78 is 6.82. The Morgan fingerprint density at radius 2 is 2.17 bits per heavy atom. The Hall–Kier alpha value is -2.38. The second kappa shape index (κ2) is 7.46. The van der Waals surface area contributed by atoms with Gasteiger partial charge in [-0.25, -0.2) is 4.98 Å². The van der Waals surface area contributed by atoms with Crippen molar-refractivity contribution in [2.45, 2.75) is 25.9 Å². The van der Waals surface area contributed by atoms with Crippen molar-refractivity contribution in [1.29, 1.82) is 0 Å². The van der Waals surface area contributed by atoms with Gasteiger partial charge in [0.25, 0.3) is 5.56 Å². The highest BCUT2D eigenvalue weighted by Gasteiger charge is 2.14. The third-order valence-corrected chi connectivity index (χ3v) is 3.59. The number of amides is 1. The van der Waals surface area contributed by atoms with Crippen molar-refractivity contribution in [2.75, 3.05) is 6.54 Å². The minimum atomic E-state index is -0.367. The number of hydrogen-bond donors (Lipinski definition) is 2. The molecule has 0 spiro atoms. The van der Waals surface area contributed by atoms with Crippen molar-refractivity contribution in [1.82, 2.24) is 14.9 Å². The lowest BCUT2D eigenvalue weighted by atomic mass is 10.2. The number of benzene rings is 1. The van der Waals surface area contributed by atoms with E-state index in [1.165, 1.54) is 10.9 Å². The summed E-state index contributed by atoms with van der Waals surface area (Å²) in [6, 6.07) is 7.33. The van der Waals surface area contributed by atoms with Crippen LogP contribution < -0.4 is 16.6 Å². The van der Waals surface area contributed by atoms with Gasteiger partial charge in [0.15, 0.2) is 0 Å². The van der Waals surface area contributed by atoms with Crippen molar-refractivity contribution < 1.29 is 9.21 Å². The van der Waals surface area contributed by atoms with E-state index in [0.717, 1.165) is 5.39 Å². The largest absolute Gasteiger partial charge is 0.448 e. The Kier molecular flexibility index (Phi) is 5.58. The van der Waals surface area contributed by atoms with Crippen LogP contribution in [0.1, 0.15) is 13.3 Å². The molecule has 0 saturated heterocycles. The average Bonchev–Trinajstić information content (AvgIpc) is 2.89. The Morgan fingerprint density at radius 1 is 1.42 bits per heavy atom. The van der Waals surface area contributed by atoms with Gasteiger partial charge in [0.1, 0.15) is 17.6 Å². The Morgan fingerprint density at radius 3 is 2.92 bits per heavy atom. The molecule has 3 N–H and O–H groups in total. The van der Waals surface area contributed by atoms with Crippen molar-refractivity contribution in [3.05, 3.63) is 40.9 Å². The van der Waals surface area contributed by atoms with Crippen LogP contribution in [-0.2, 0) is 11.3 Å². The lowest BCUT2D eigenvalue weighted by Gasteiger charge is -2.08. The number of nitrogens with one attached hydrogen (secondary N) is 1. The number of nitrogens with two attached hydrogens (primary N) is 1. The van der Waals surface area contributed by atoms with E-state index in [0.29, 0.717) is 24.1 Å². The standard InChI is InChI=1S/C16H18N4O3.ClH/c1-10(17)6-7-18-13(21)8-20-9-19-14-11-4-2-3-5-12(11)23-15(14)16(20)22;/h2-5,9-10H,6-8,17H2,1H3,(H,18,21);1H. The van der Waals surface area contributed by atoms with Gasteiger partial charge < -0.3 is 15.5 Å². The molecule has 0 fully saturated rings. The van der Waals surface area contributed by atoms with Gasteiger partial charge in [-0.2, -0.15) is 0 Å². The Balaban J connectivity index is 0.00000208. The van der Waals surface area contributed by atoms with E-state index in [2.05, 4.69) is 10.3 Å². The van der Waals surface area contributed by atoms with Crippen LogP contribution in [0.25, 0.3) is 22.1 Å². The summed E-state index contributed by atoms with van der Waals surface area (Å²) >= 11 is 0. The van der Waals surface area contributed by atoms with Crippen LogP contribution in [0.3, 0.4) is 0 Å². The summed E-state index contributed by atoms with van der Waals surface area (Å²) in [4.78, 5) is 28.6. The van der Waals surface area contributed by atoms with E-state index in [1.54, 1.807) is 6.07 Å². The smallest absolute Gasteiger partial charge is 0.297 e. The number of hydrogen-bond acceptors (Lipinski definition) is 5. The molecule has 1 amide bonds. The molecule has 3 rings (SSSR count). The fraction of sp³-hybridized carbons (Fsp3) is 0.312. The molecule has 0 radical (unpaired) electrons. The van der Waals surface area contributed by atoms with Crippen molar-refractivity contribution in [3.63, 3.8) is 0 Å². The summed E-state index contributed by atoms with van der Waals surface area (Å²) in [5.74, 6) is -0.259. The number of furan rings is 1. The fourth-order valence-electron chi connectivity index (χ4n) is 2.38. The second-order valence-electron chi connectivity index (χ2n) is 5.57. The zero-order valence-corrected chi connectivity index (χ0v) is 14.0. The highest BCUT2D eigenvalue weighted by atomic mass is 35.5. The molecular weight excluding hydrogens is 332 g/mol. The molecule has 0 saturated carbocycles. The van der Waals surface area contributed by atoms with Gasteiger partial charge in [0.2, 0.25) is 11.5 Å². The molecule has 128 valence electrons. The van der Waals surface area contributed by atoms with Gasteiger partial charge in [-0.15, -0.1) is 12.4 Å². The molecule has 1 unspecified atom stereocenters. The van der Waals surface area contributed by atoms with Crippen LogP contribution in [0.4, 0.5) is 0 Å². The highest BCUT2D eigenvalue weighted by molar-refractivity contribution is 6.01. The van der Waals surface area contributed by atoms with Gasteiger partial charge in [0.05, 0.1) is 6.33 Å². The van der Waals surface area contributed by atoms with Crippen LogP contribution in [0.5, 0.6) is 0 Å². The lowest BCUT2D eigenvalue weighted by molar-refractivity contribution is -0.121. The van der Waals surface area contributed by atoms with E-state index in [1.807, 2.05) is 25.1 Å². The maximum absolute atomic E-state index is 12.4. The number of aromatic nitrogens is 2. The maximum atomic E-state index is 12.4. The normalized spacial score (nSPS) is 12.1. The summed E-state index contributed by atoms with van der Waals surface area (Å²) in [6.45, 7) is 2.25. The van der Waals surface area contributed by atoms with E-state index in [9.17, 15) is 9.59 Å². The first-order valence-electron chi connectivity index (χ1n) is 7.45. The molecule has 0 bridgehead atoms. The molecule has 8 heteroatoms. The number of halogens is 1. The van der Waals surface area contributed by atoms with Crippen LogP contribution >= 0.6 is 12.4 Å². The molecule has 1 aromatic carbocycles. The fourth-order valence-corrected chi connectivity index (χ4v) is 2.38. The predicted octanol–water partition coefficient (Wildman–Crippen LogP) is 1.42. The SMILES string of the molecule is CC(N)CCNC(=O)Cn1cnc2c(oc3ccccc32)c1=O.Cl. The van der Waals surface area contributed by atoms with Gasteiger partial charge in [-0.1, -0.05) is 12.1 Å². The predicted molar refractivity (Wildman–Crippen MR) is 94.3 cm³/mol. The summed E-state index contributed by atoms with van der Waals surface area (Å²) in [6.07, 6.45) is 2.05. The van der Waals surface area contributed by atoms with Gasteiger partial charge in [0, 0.05) is 18.0 Å². The van der Waals surface area contributed by atoms with E-state index in [-0.39, 0.29) is 42.0 Å². The van der Waals surface area contributed by atoms with E-state index >= 15 is 0 Å². The highest BCUT2D eigenvalue weighted by Crippen LogP contribution is 2.23. The van der Waals surface area contributed by atoms with Gasteiger partial charge >= 0.3 is 0 Å². The number of para-hydroxylation sites is 1. The maximum Gasteiger partial charge on any atom is 0.297 e. The zero-order valence-electron chi connectivity index (χ0n) is 13.2. The van der Waals surface area contributed by atoms with E-state index < -0.39 is 0 Å². The summed E-state index contributed by atoms with van der Waals surface area (Å²) in [7, 11) is 0. The van der Waals surface area contributed by atoms with Crippen LogP contribution in [0, 0.1) is 0 Å². The number of carbonyl (C=O) groups is 1. The third kappa shape index (κ3) is 3.58. The first-order chi connectivity index (χ1) is 11.1. The van der Waals surface area contributed by atoms with Crippen LogP contribution in [-0.4, -0.2) is 28.0 Å². The molecule has 2 heterocycles. The lowest BCUT2D eigenvalue weighted by Crippen LogP contribution is -2.34. The molecule has 1 atom stereocenters. The van der Waals surface area contributed by atoms with Crippen molar-refractivity contribution in [2.24, 2.45) is 5.73 Å². The third-order valence-electron chi connectivity index (χ3n) is 3.59. The van der Waals surface area contributed by atoms with Gasteiger partial charge in [-0.05, 0) is 25.5 Å². The Bertz CT molecular complexity index is 916. The minimum absolute atomic E-state index is 0. The molecule has 7 nitrogen and oxygen atoms in total. The summed E-state index contributed by atoms with van der Waals surface area (Å²) in [5, 5.41) is 3.51. The van der Waals surface area contributed by atoms with E-state index in [4.69, 9.17) is 10.2 Å². The number of fused-ring (bicyclic) bond motifs is 3.